The van der Waals surface area contributed by atoms with E-state index >= 15 is 0 Å². The molecular weight excluding hydrogens is 358 g/mol. The summed E-state index contributed by atoms with van der Waals surface area (Å²) in [7, 11) is 0. The lowest BCUT2D eigenvalue weighted by atomic mass is 9.85. The first-order valence-corrected chi connectivity index (χ1v) is 10.1. The summed E-state index contributed by atoms with van der Waals surface area (Å²) in [5.41, 5.74) is 3.17. The van der Waals surface area contributed by atoms with Gasteiger partial charge in [0.15, 0.2) is 0 Å². The summed E-state index contributed by atoms with van der Waals surface area (Å²) in [6.07, 6.45) is 6.79. The number of anilines is 1. The molecule has 5 amide bonds. The number of imide groups is 2. The monoisotopic (exact) mass is 383 g/mol. The van der Waals surface area contributed by atoms with E-state index in [9.17, 15) is 19.2 Å². The molecule has 2 fully saturated rings. The quantitative estimate of drug-likeness (QED) is 0.639. The Hall–Kier alpha value is -2.70. The van der Waals surface area contributed by atoms with Crippen LogP contribution in [-0.2, 0) is 27.2 Å². The number of nitrogens with zero attached hydrogens (tertiary/aromatic N) is 2. The third-order valence-corrected chi connectivity index (χ3v) is 6.17. The van der Waals surface area contributed by atoms with E-state index in [1.807, 2.05) is 25.1 Å². The fourth-order valence-electron chi connectivity index (χ4n) is 4.63. The van der Waals surface area contributed by atoms with Gasteiger partial charge >= 0.3 is 17.8 Å². The summed E-state index contributed by atoms with van der Waals surface area (Å²) >= 11 is 0. The van der Waals surface area contributed by atoms with Crippen LogP contribution in [0.3, 0.4) is 0 Å². The van der Waals surface area contributed by atoms with E-state index in [1.54, 1.807) is 0 Å². The molecule has 2 atom stereocenters. The van der Waals surface area contributed by atoms with Crippen molar-refractivity contribution in [2.75, 3.05) is 11.9 Å². The Kier molecular flexibility index (Phi) is 4.91. The summed E-state index contributed by atoms with van der Waals surface area (Å²) in [5, 5.41) is 2.74. The van der Waals surface area contributed by atoms with Crippen LogP contribution >= 0.6 is 0 Å². The van der Waals surface area contributed by atoms with Crippen molar-refractivity contribution in [1.82, 2.24) is 9.80 Å². The number of nitrogens with one attached hydrogen (secondary N) is 1. The molecule has 1 saturated carbocycles. The number of fused-ring (bicyclic) bond motifs is 1. The number of aryl methyl sites for hydroxylation is 2. The highest BCUT2D eigenvalue weighted by atomic mass is 16.2. The minimum atomic E-state index is -0.910. The van der Waals surface area contributed by atoms with Gasteiger partial charge in [0.25, 0.3) is 0 Å². The third-order valence-electron chi connectivity index (χ3n) is 6.17. The van der Waals surface area contributed by atoms with Gasteiger partial charge < -0.3 is 5.32 Å². The predicted octanol–water partition coefficient (Wildman–Crippen LogP) is 2.48. The normalized spacial score (nSPS) is 24.7. The lowest BCUT2D eigenvalue weighted by molar-refractivity contribution is -0.145. The summed E-state index contributed by atoms with van der Waals surface area (Å²) in [4.78, 5) is 51.8. The summed E-state index contributed by atoms with van der Waals surface area (Å²) in [6.45, 7) is 1.55. The minimum Gasteiger partial charge on any atom is -0.325 e. The van der Waals surface area contributed by atoms with Gasteiger partial charge in [-0.2, -0.15) is 0 Å². The van der Waals surface area contributed by atoms with Crippen molar-refractivity contribution in [1.29, 1.82) is 0 Å². The van der Waals surface area contributed by atoms with Crippen molar-refractivity contribution >= 4 is 29.4 Å². The fourth-order valence-corrected chi connectivity index (χ4v) is 4.63. The lowest BCUT2D eigenvalue weighted by Gasteiger charge is -2.34. The van der Waals surface area contributed by atoms with Crippen LogP contribution in [0, 0.1) is 5.92 Å². The molecule has 0 unspecified atom stereocenters. The van der Waals surface area contributed by atoms with E-state index in [2.05, 4.69) is 5.32 Å². The van der Waals surface area contributed by atoms with Gasteiger partial charge in [0.1, 0.15) is 6.54 Å². The Morgan fingerprint density at radius 1 is 1.04 bits per heavy atom. The van der Waals surface area contributed by atoms with Crippen LogP contribution in [-0.4, -0.2) is 46.1 Å². The Morgan fingerprint density at radius 3 is 2.57 bits per heavy atom. The number of carbonyl (C=O) groups excluding carboxylic acids is 4. The summed E-state index contributed by atoms with van der Waals surface area (Å²) < 4.78 is 0. The van der Waals surface area contributed by atoms with Crippen LogP contribution in [0.25, 0.3) is 0 Å². The van der Waals surface area contributed by atoms with Crippen LogP contribution in [0.4, 0.5) is 10.5 Å². The summed E-state index contributed by atoms with van der Waals surface area (Å²) in [6, 6.07) is 4.84. The third kappa shape index (κ3) is 3.30. The van der Waals surface area contributed by atoms with Crippen LogP contribution < -0.4 is 5.32 Å². The SMILES string of the molecule is C[C@@H]1CCCC[C@H]1N1C(=O)C(=O)N(CC(=O)Nc2ccc3c(c2)CCC3)C1=O. The molecule has 0 bridgehead atoms. The van der Waals surface area contributed by atoms with Gasteiger partial charge in [-0.3, -0.25) is 19.3 Å². The van der Waals surface area contributed by atoms with Gasteiger partial charge in [-0.05, 0) is 61.3 Å². The molecule has 0 aromatic heterocycles. The number of hydrogen-bond acceptors (Lipinski definition) is 4. The molecule has 1 saturated heterocycles. The first-order valence-electron chi connectivity index (χ1n) is 10.1. The zero-order valence-corrected chi connectivity index (χ0v) is 16.1. The zero-order chi connectivity index (χ0) is 19.8. The van der Waals surface area contributed by atoms with Gasteiger partial charge in [-0.15, -0.1) is 0 Å². The molecule has 1 aromatic carbocycles. The first-order chi connectivity index (χ1) is 13.5. The molecule has 1 heterocycles. The van der Waals surface area contributed by atoms with E-state index in [-0.39, 0.29) is 12.0 Å². The fraction of sp³-hybridized carbons (Fsp3) is 0.524. The number of carbonyl (C=O) groups is 4. The molecule has 2 aliphatic carbocycles. The second kappa shape index (κ2) is 7.37. The molecular formula is C21H25N3O4. The second-order valence-electron chi connectivity index (χ2n) is 8.06. The average Bonchev–Trinajstić information content (AvgIpc) is 3.21. The highest BCUT2D eigenvalue weighted by Crippen LogP contribution is 2.31. The van der Waals surface area contributed by atoms with Crippen molar-refractivity contribution in [3.8, 4) is 0 Å². The molecule has 0 radical (unpaired) electrons. The van der Waals surface area contributed by atoms with Crippen molar-refractivity contribution in [3.05, 3.63) is 29.3 Å². The standard InChI is InChI=1S/C21H25N3O4/c1-13-5-2-3-8-17(13)24-20(27)19(26)23(21(24)28)12-18(25)22-16-10-9-14-6-4-7-15(14)11-16/h9-11,13,17H,2-8,12H2,1H3,(H,22,25)/t13-,17-/m1/s1. The summed E-state index contributed by atoms with van der Waals surface area (Å²) in [5.74, 6) is -2.04. The van der Waals surface area contributed by atoms with Crippen molar-refractivity contribution in [2.45, 2.75) is 57.9 Å². The van der Waals surface area contributed by atoms with Crippen molar-refractivity contribution < 1.29 is 19.2 Å². The maximum atomic E-state index is 12.7. The Balaban J connectivity index is 1.44. The van der Waals surface area contributed by atoms with Gasteiger partial charge in [0.05, 0.1) is 0 Å². The Labute approximate surface area is 164 Å². The van der Waals surface area contributed by atoms with Crippen LogP contribution in [0.15, 0.2) is 18.2 Å². The molecule has 4 rings (SSSR count). The number of amides is 5. The number of rotatable bonds is 4. The highest BCUT2D eigenvalue weighted by Gasteiger charge is 2.49. The molecule has 28 heavy (non-hydrogen) atoms. The molecule has 7 nitrogen and oxygen atoms in total. The minimum absolute atomic E-state index is 0.162. The maximum absolute atomic E-state index is 12.7. The van der Waals surface area contributed by atoms with Crippen LogP contribution in [0.2, 0.25) is 0 Å². The first kappa shape index (κ1) is 18.7. The smallest absolute Gasteiger partial charge is 0.325 e. The molecule has 7 heteroatoms. The maximum Gasteiger partial charge on any atom is 0.334 e. The predicted molar refractivity (Wildman–Crippen MR) is 102 cm³/mol. The average molecular weight is 383 g/mol. The van der Waals surface area contributed by atoms with Gasteiger partial charge in [0.2, 0.25) is 5.91 Å². The zero-order valence-electron chi connectivity index (χ0n) is 16.1. The highest BCUT2D eigenvalue weighted by molar-refractivity contribution is 6.45. The van der Waals surface area contributed by atoms with E-state index < -0.39 is 30.3 Å². The van der Waals surface area contributed by atoms with Crippen molar-refractivity contribution in [2.24, 2.45) is 5.92 Å². The van der Waals surface area contributed by atoms with Crippen LogP contribution in [0.5, 0.6) is 0 Å². The van der Waals surface area contributed by atoms with E-state index in [0.29, 0.717) is 12.1 Å². The largest absolute Gasteiger partial charge is 0.334 e. The van der Waals surface area contributed by atoms with E-state index in [1.165, 1.54) is 11.1 Å². The van der Waals surface area contributed by atoms with E-state index in [0.717, 1.165) is 48.3 Å². The number of benzene rings is 1. The topological polar surface area (TPSA) is 86.8 Å². The lowest BCUT2D eigenvalue weighted by Crippen LogP contribution is -2.46. The number of hydrogen-bond donors (Lipinski definition) is 1. The van der Waals surface area contributed by atoms with Gasteiger partial charge in [-0.25, -0.2) is 9.69 Å². The Morgan fingerprint density at radius 2 is 1.79 bits per heavy atom. The van der Waals surface area contributed by atoms with Gasteiger partial charge in [0, 0.05) is 11.7 Å². The van der Waals surface area contributed by atoms with Gasteiger partial charge in [-0.1, -0.05) is 25.8 Å². The Bertz CT molecular complexity index is 850. The second-order valence-corrected chi connectivity index (χ2v) is 8.06. The molecule has 3 aliphatic rings. The molecule has 1 aromatic rings. The van der Waals surface area contributed by atoms with Crippen LogP contribution in [0.1, 0.15) is 50.2 Å². The molecule has 148 valence electrons. The molecule has 0 spiro atoms. The molecule has 1 N–H and O–H groups in total. The number of urea groups is 1. The molecule has 1 aliphatic heterocycles. The van der Waals surface area contributed by atoms with Crippen molar-refractivity contribution in [3.63, 3.8) is 0 Å². The van der Waals surface area contributed by atoms with E-state index in [4.69, 9.17) is 0 Å².